The zero-order valence-corrected chi connectivity index (χ0v) is 13.7. The molecule has 2 N–H and O–H groups in total. The van der Waals surface area contributed by atoms with Crippen molar-refractivity contribution in [3.63, 3.8) is 0 Å². The number of benzene rings is 1. The molecular weight excluding hydrogens is 292 g/mol. The standard InChI is InChI=1S/C15H23ClN2OS/c1-3-17-14-8-7-12(16)11-13(14)15(19)18-9-5-4-6-10-20-2/h7-8,11,17H,3-6,9-10H2,1-2H3,(H,18,19). The van der Waals surface area contributed by atoms with Crippen LogP contribution >= 0.6 is 23.4 Å². The SMILES string of the molecule is CCNc1ccc(Cl)cc1C(=O)NCCCCCSC. The molecular formula is C15H23ClN2OS. The molecule has 0 atom stereocenters. The molecule has 0 bridgehead atoms. The molecule has 1 rings (SSSR count). The van der Waals surface area contributed by atoms with Gasteiger partial charge in [-0.2, -0.15) is 11.8 Å². The van der Waals surface area contributed by atoms with Crippen LogP contribution in [0, 0.1) is 0 Å². The van der Waals surface area contributed by atoms with Crippen molar-refractivity contribution >= 4 is 35.0 Å². The van der Waals surface area contributed by atoms with Crippen molar-refractivity contribution < 1.29 is 4.79 Å². The molecule has 0 saturated carbocycles. The third kappa shape index (κ3) is 6.06. The lowest BCUT2D eigenvalue weighted by Crippen LogP contribution is -2.25. The Bertz CT molecular complexity index is 426. The Kier molecular flexibility index (Phi) is 8.54. The largest absolute Gasteiger partial charge is 0.385 e. The fourth-order valence-corrected chi connectivity index (χ4v) is 2.56. The number of hydrogen-bond acceptors (Lipinski definition) is 3. The lowest BCUT2D eigenvalue weighted by atomic mass is 10.1. The van der Waals surface area contributed by atoms with E-state index in [4.69, 9.17) is 11.6 Å². The number of rotatable bonds is 9. The van der Waals surface area contributed by atoms with E-state index < -0.39 is 0 Å². The summed E-state index contributed by atoms with van der Waals surface area (Å²) in [6.07, 6.45) is 5.49. The molecule has 1 aromatic rings. The predicted octanol–water partition coefficient (Wildman–Crippen LogP) is 4.03. The number of amides is 1. The van der Waals surface area contributed by atoms with E-state index in [1.165, 1.54) is 12.2 Å². The van der Waals surface area contributed by atoms with E-state index in [-0.39, 0.29) is 5.91 Å². The molecule has 0 heterocycles. The first-order valence-corrected chi connectivity index (χ1v) is 8.76. The second-order valence-corrected chi connectivity index (χ2v) is 5.95. The number of nitrogens with one attached hydrogen (secondary N) is 2. The van der Waals surface area contributed by atoms with E-state index in [1.807, 2.05) is 24.8 Å². The molecule has 3 nitrogen and oxygen atoms in total. The summed E-state index contributed by atoms with van der Waals surface area (Å²) in [5.74, 6) is 1.13. The zero-order chi connectivity index (χ0) is 14.8. The number of halogens is 1. The van der Waals surface area contributed by atoms with Gasteiger partial charge in [-0.05, 0) is 50.0 Å². The number of anilines is 1. The maximum absolute atomic E-state index is 12.2. The third-order valence-electron chi connectivity index (χ3n) is 2.90. The van der Waals surface area contributed by atoms with Crippen molar-refractivity contribution in [1.29, 1.82) is 0 Å². The molecule has 0 aliphatic carbocycles. The Morgan fingerprint density at radius 2 is 2.10 bits per heavy atom. The van der Waals surface area contributed by atoms with Crippen LogP contribution in [0.2, 0.25) is 5.02 Å². The fourth-order valence-electron chi connectivity index (χ4n) is 1.89. The quantitative estimate of drug-likeness (QED) is 0.676. The molecule has 0 fully saturated rings. The Morgan fingerprint density at radius 3 is 2.80 bits per heavy atom. The van der Waals surface area contributed by atoms with Crippen molar-refractivity contribution in [2.45, 2.75) is 26.2 Å². The molecule has 0 aliphatic rings. The summed E-state index contributed by atoms with van der Waals surface area (Å²) in [4.78, 5) is 12.2. The summed E-state index contributed by atoms with van der Waals surface area (Å²) in [6, 6.07) is 5.35. The highest BCUT2D eigenvalue weighted by Gasteiger charge is 2.11. The first kappa shape index (κ1) is 17.2. The predicted molar refractivity (Wildman–Crippen MR) is 90.2 cm³/mol. The molecule has 5 heteroatoms. The van der Waals surface area contributed by atoms with Gasteiger partial charge in [0, 0.05) is 23.8 Å². The number of thioether (sulfide) groups is 1. The summed E-state index contributed by atoms with van der Waals surface area (Å²) in [6.45, 7) is 3.49. The lowest BCUT2D eigenvalue weighted by molar-refractivity contribution is 0.0954. The third-order valence-corrected chi connectivity index (χ3v) is 3.84. The summed E-state index contributed by atoms with van der Waals surface area (Å²) in [5, 5.41) is 6.72. The zero-order valence-electron chi connectivity index (χ0n) is 12.2. The first-order chi connectivity index (χ1) is 9.69. The van der Waals surface area contributed by atoms with Gasteiger partial charge < -0.3 is 10.6 Å². The highest BCUT2D eigenvalue weighted by atomic mass is 35.5. The molecule has 1 amide bonds. The van der Waals surface area contributed by atoms with E-state index in [9.17, 15) is 4.79 Å². The molecule has 112 valence electrons. The van der Waals surface area contributed by atoms with Gasteiger partial charge in [0.2, 0.25) is 0 Å². The van der Waals surface area contributed by atoms with Gasteiger partial charge in [0.1, 0.15) is 0 Å². The Balaban J connectivity index is 2.47. The molecule has 0 radical (unpaired) electrons. The normalized spacial score (nSPS) is 10.3. The average molecular weight is 315 g/mol. The molecule has 0 aromatic heterocycles. The number of unbranched alkanes of at least 4 members (excludes halogenated alkanes) is 2. The molecule has 20 heavy (non-hydrogen) atoms. The molecule has 0 aliphatic heterocycles. The lowest BCUT2D eigenvalue weighted by Gasteiger charge is -2.11. The topological polar surface area (TPSA) is 41.1 Å². The minimum atomic E-state index is -0.0617. The van der Waals surface area contributed by atoms with E-state index >= 15 is 0 Å². The fraction of sp³-hybridized carbons (Fsp3) is 0.533. The van der Waals surface area contributed by atoms with E-state index in [1.54, 1.807) is 12.1 Å². The maximum Gasteiger partial charge on any atom is 0.253 e. The molecule has 0 spiro atoms. The minimum absolute atomic E-state index is 0.0617. The van der Waals surface area contributed by atoms with Gasteiger partial charge in [0.15, 0.2) is 0 Å². The van der Waals surface area contributed by atoms with E-state index in [0.717, 1.165) is 25.1 Å². The van der Waals surface area contributed by atoms with E-state index in [0.29, 0.717) is 17.1 Å². The number of carbonyl (C=O) groups is 1. The van der Waals surface area contributed by atoms with Crippen LogP contribution in [0.25, 0.3) is 0 Å². The summed E-state index contributed by atoms with van der Waals surface area (Å²) in [7, 11) is 0. The van der Waals surface area contributed by atoms with Gasteiger partial charge in [-0.3, -0.25) is 4.79 Å². The Hall–Kier alpha value is -0.870. The van der Waals surface area contributed by atoms with Crippen LogP contribution in [0.1, 0.15) is 36.5 Å². The smallest absolute Gasteiger partial charge is 0.253 e. The second kappa shape index (κ2) is 9.94. The minimum Gasteiger partial charge on any atom is -0.385 e. The Morgan fingerprint density at radius 1 is 1.30 bits per heavy atom. The van der Waals surface area contributed by atoms with Crippen molar-refractivity contribution in [3.05, 3.63) is 28.8 Å². The maximum atomic E-state index is 12.2. The monoisotopic (exact) mass is 314 g/mol. The van der Waals surface area contributed by atoms with Crippen molar-refractivity contribution in [2.24, 2.45) is 0 Å². The van der Waals surface area contributed by atoms with Crippen LogP contribution in [0.4, 0.5) is 5.69 Å². The highest BCUT2D eigenvalue weighted by Crippen LogP contribution is 2.20. The van der Waals surface area contributed by atoms with Crippen LogP contribution in [-0.2, 0) is 0 Å². The molecule has 0 unspecified atom stereocenters. The van der Waals surface area contributed by atoms with Crippen molar-refractivity contribution in [1.82, 2.24) is 5.32 Å². The van der Waals surface area contributed by atoms with Crippen LogP contribution in [-0.4, -0.2) is 31.0 Å². The summed E-state index contributed by atoms with van der Waals surface area (Å²) in [5.41, 5.74) is 1.44. The average Bonchev–Trinajstić information content (AvgIpc) is 2.44. The first-order valence-electron chi connectivity index (χ1n) is 6.99. The molecule has 0 saturated heterocycles. The number of hydrogen-bond donors (Lipinski definition) is 2. The van der Waals surface area contributed by atoms with Gasteiger partial charge in [0.25, 0.3) is 5.91 Å². The van der Waals surface area contributed by atoms with Gasteiger partial charge in [-0.1, -0.05) is 18.0 Å². The van der Waals surface area contributed by atoms with Crippen LogP contribution in [0.15, 0.2) is 18.2 Å². The van der Waals surface area contributed by atoms with Gasteiger partial charge in [0.05, 0.1) is 5.56 Å². The van der Waals surface area contributed by atoms with Gasteiger partial charge in [-0.15, -0.1) is 0 Å². The summed E-state index contributed by atoms with van der Waals surface area (Å²) < 4.78 is 0. The molecule has 1 aromatic carbocycles. The second-order valence-electron chi connectivity index (χ2n) is 4.53. The van der Waals surface area contributed by atoms with Crippen LogP contribution in [0.5, 0.6) is 0 Å². The van der Waals surface area contributed by atoms with Crippen molar-refractivity contribution in [2.75, 3.05) is 30.4 Å². The van der Waals surface area contributed by atoms with Crippen LogP contribution < -0.4 is 10.6 Å². The highest BCUT2D eigenvalue weighted by molar-refractivity contribution is 7.98. The van der Waals surface area contributed by atoms with Gasteiger partial charge >= 0.3 is 0 Å². The van der Waals surface area contributed by atoms with Crippen molar-refractivity contribution in [3.8, 4) is 0 Å². The van der Waals surface area contributed by atoms with Crippen LogP contribution in [0.3, 0.4) is 0 Å². The summed E-state index contributed by atoms with van der Waals surface area (Å²) >= 11 is 7.83. The van der Waals surface area contributed by atoms with Gasteiger partial charge in [-0.25, -0.2) is 0 Å². The van der Waals surface area contributed by atoms with E-state index in [2.05, 4.69) is 16.9 Å². The number of carbonyl (C=O) groups excluding carboxylic acids is 1. The Labute approximate surface area is 130 Å².